The highest BCUT2D eigenvalue weighted by molar-refractivity contribution is 6.31. The Morgan fingerprint density at radius 1 is 1.36 bits per heavy atom. The molecule has 1 N–H and O–H groups in total. The zero-order chi connectivity index (χ0) is 16.3. The number of alkyl halides is 2. The van der Waals surface area contributed by atoms with E-state index in [-0.39, 0.29) is 16.3 Å². The fraction of sp³-hybridized carbons (Fsp3) is 0.200. The number of rotatable bonds is 4. The molecular weight excluding hydrogens is 314 g/mol. The third-order valence-electron chi connectivity index (χ3n) is 2.99. The van der Waals surface area contributed by atoms with Gasteiger partial charge in [-0.3, -0.25) is 4.98 Å². The molecule has 4 nitrogen and oxygen atoms in total. The molecule has 0 radical (unpaired) electrons. The Labute approximate surface area is 130 Å². The molecule has 0 aliphatic heterocycles. The fourth-order valence-electron chi connectivity index (χ4n) is 2.08. The summed E-state index contributed by atoms with van der Waals surface area (Å²) >= 11 is 6.03. The summed E-state index contributed by atoms with van der Waals surface area (Å²) in [5, 5.41) is 19.0. The summed E-state index contributed by atoms with van der Waals surface area (Å²) in [5.41, 5.74) is 1.34. The van der Waals surface area contributed by atoms with Crippen LogP contribution < -0.4 is 4.74 Å². The highest BCUT2D eigenvalue weighted by Crippen LogP contribution is 2.35. The van der Waals surface area contributed by atoms with Crippen molar-refractivity contribution in [3.63, 3.8) is 0 Å². The van der Waals surface area contributed by atoms with E-state index in [2.05, 4.69) is 9.72 Å². The van der Waals surface area contributed by atoms with Crippen molar-refractivity contribution in [2.24, 2.45) is 0 Å². The molecule has 0 spiro atoms. The van der Waals surface area contributed by atoms with E-state index in [1.54, 1.807) is 12.1 Å². The number of hydrogen-bond acceptors (Lipinski definition) is 4. The van der Waals surface area contributed by atoms with Gasteiger partial charge < -0.3 is 9.84 Å². The van der Waals surface area contributed by atoms with Crippen molar-refractivity contribution in [3.8, 4) is 22.9 Å². The Morgan fingerprint density at radius 3 is 2.68 bits per heavy atom. The topological polar surface area (TPSA) is 66.1 Å². The first-order valence-corrected chi connectivity index (χ1v) is 6.62. The maximum absolute atomic E-state index is 12.4. The molecule has 0 amide bonds. The summed E-state index contributed by atoms with van der Waals surface area (Å²) in [5.74, 6) is -0.244. The molecule has 0 bridgehead atoms. The predicted molar refractivity (Wildman–Crippen MR) is 76.7 cm³/mol. The van der Waals surface area contributed by atoms with E-state index in [9.17, 15) is 13.9 Å². The highest BCUT2D eigenvalue weighted by atomic mass is 35.5. The third-order valence-corrected chi connectivity index (χ3v) is 3.29. The lowest BCUT2D eigenvalue weighted by Gasteiger charge is -2.15. The molecule has 0 saturated carbocycles. The van der Waals surface area contributed by atoms with Crippen LogP contribution in [0.1, 0.15) is 24.2 Å². The third kappa shape index (κ3) is 3.32. The van der Waals surface area contributed by atoms with Crippen LogP contribution in [-0.2, 0) is 0 Å². The molecule has 1 heterocycles. The molecule has 0 fully saturated rings. The van der Waals surface area contributed by atoms with Gasteiger partial charge in [-0.15, -0.1) is 0 Å². The Bertz CT molecular complexity index is 730. The first kappa shape index (κ1) is 16.1. The predicted octanol–water partition coefficient (Wildman–Crippen LogP) is 3.93. The highest BCUT2D eigenvalue weighted by Gasteiger charge is 2.17. The summed E-state index contributed by atoms with van der Waals surface area (Å²) < 4.78 is 29.2. The van der Waals surface area contributed by atoms with Crippen LogP contribution in [0.4, 0.5) is 8.78 Å². The number of nitriles is 1. The van der Waals surface area contributed by atoms with Gasteiger partial charge in [0.1, 0.15) is 11.8 Å². The monoisotopic (exact) mass is 324 g/mol. The van der Waals surface area contributed by atoms with Gasteiger partial charge in [0, 0.05) is 23.5 Å². The summed E-state index contributed by atoms with van der Waals surface area (Å²) in [6, 6.07) is 5.99. The maximum Gasteiger partial charge on any atom is 0.387 e. The van der Waals surface area contributed by atoms with E-state index >= 15 is 0 Å². The van der Waals surface area contributed by atoms with Gasteiger partial charge in [-0.05, 0) is 24.6 Å². The second-order valence-electron chi connectivity index (χ2n) is 4.46. The van der Waals surface area contributed by atoms with Gasteiger partial charge in [0.05, 0.1) is 16.7 Å². The van der Waals surface area contributed by atoms with Crippen molar-refractivity contribution in [2.45, 2.75) is 19.6 Å². The molecule has 0 aliphatic carbocycles. The molecule has 7 heteroatoms. The maximum atomic E-state index is 12.4. The summed E-state index contributed by atoms with van der Waals surface area (Å²) in [4.78, 5) is 3.94. The molecule has 1 unspecified atom stereocenters. The van der Waals surface area contributed by atoms with Crippen LogP contribution in [0, 0.1) is 11.3 Å². The zero-order valence-electron chi connectivity index (χ0n) is 11.4. The first-order valence-electron chi connectivity index (χ1n) is 6.24. The molecule has 2 rings (SSSR count). The standard InChI is InChI=1S/C15H11ClF2N2O2/c1-8(21)14-11(6-20-7-12(14)16)9-2-3-10(5-19)13(4-9)22-15(17)18/h2-4,6-8,15,21H,1H3. The first-order chi connectivity index (χ1) is 10.4. The lowest BCUT2D eigenvalue weighted by atomic mass is 9.97. The van der Waals surface area contributed by atoms with Crippen molar-refractivity contribution in [1.29, 1.82) is 5.26 Å². The SMILES string of the molecule is CC(O)c1c(Cl)cncc1-c1ccc(C#N)c(OC(F)F)c1. The Morgan fingerprint density at radius 2 is 2.09 bits per heavy atom. The fourth-order valence-corrected chi connectivity index (χ4v) is 2.39. The van der Waals surface area contributed by atoms with Crippen LogP contribution in [0.5, 0.6) is 5.75 Å². The smallest absolute Gasteiger partial charge is 0.387 e. The van der Waals surface area contributed by atoms with E-state index in [1.807, 2.05) is 0 Å². The van der Waals surface area contributed by atoms with Gasteiger partial charge in [0.25, 0.3) is 0 Å². The second-order valence-corrected chi connectivity index (χ2v) is 4.87. The van der Waals surface area contributed by atoms with Gasteiger partial charge in [0.15, 0.2) is 0 Å². The summed E-state index contributed by atoms with van der Waals surface area (Å²) in [6.45, 7) is -1.51. The number of benzene rings is 1. The van der Waals surface area contributed by atoms with Crippen molar-refractivity contribution in [3.05, 3.63) is 46.7 Å². The van der Waals surface area contributed by atoms with E-state index < -0.39 is 12.7 Å². The number of aliphatic hydroxyl groups excluding tert-OH is 1. The Kier molecular flexibility index (Phi) is 4.91. The van der Waals surface area contributed by atoms with Crippen LogP contribution in [0.2, 0.25) is 5.02 Å². The van der Waals surface area contributed by atoms with Gasteiger partial charge in [-0.2, -0.15) is 14.0 Å². The number of hydrogen-bond donors (Lipinski definition) is 1. The van der Waals surface area contributed by atoms with Crippen LogP contribution >= 0.6 is 11.6 Å². The largest absolute Gasteiger partial charge is 0.433 e. The Balaban J connectivity index is 2.59. The zero-order valence-corrected chi connectivity index (χ0v) is 12.2. The normalized spacial score (nSPS) is 12.0. The van der Waals surface area contributed by atoms with Crippen molar-refractivity contribution < 1.29 is 18.6 Å². The van der Waals surface area contributed by atoms with Crippen molar-refractivity contribution in [2.75, 3.05) is 0 Å². The molecule has 1 aromatic heterocycles. The molecule has 0 aliphatic rings. The van der Waals surface area contributed by atoms with Crippen molar-refractivity contribution >= 4 is 11.6 Å². The molecule has 0 saturated heterocycles. The van der Waals surface area contributed by atoms with Gasteiger partial charge in [0.2, 0.25) is 0 Å². The number of aromatic nitrogens is 1. The van der Waals surface area contributed by atoms with Crippen LogP contribution in [-0.4, -0.2) is 16.7 Å². The molecule has 1 aromatic carbocycles. The molecule has 2 aromatic rings. The average molecular weight is 325 g/mol. The van der Waals surface area contributed by atoms with E-state index in [4.69, 9.17) is 16.9 Å². The number of pyridine rings is 1. The minimum atomic E-state index is -3.05. The average Bonchev–Trinajstić information content (AvgIpc) is 2.45. The number of aliphatic hydroxyl groups is 1. The number of halogens is 3. The van der Waals surface area contributed by atoms with Crippen molar-refractivity contribution in [1.82, 2.24) is 4.98 Å². The second kappa shape index (κ2) is 6.69. The minimum Gasteiger partial charge on any atom is -0.433 e. The minimum absolute atomic E-state index is 0.0161. The summed E-state index contributed by atoms with van der Waals surface area (Å²) in [6.07, 6.45) is 1.97. The number of ether oxygens (including phenoxy) is 1. The summed E-state index contributed by atoms with van der Waals surface area (Å²) in [7, 11) is 0. The van der Waals surface area contributed by atoms with E-state index in [1.165, 1.54) is 31.5 Å². The van der Waals surface area contributed by atoms with Crippen LogP contribution in [0.15, 0.2) is 30.6 Å². The lowest BCUT2D eigenvalue weighted by Crippen LogP contribution is -2.04. The van der Waals surface area contributed by atoms with Crippen LogP contribution in [0.25, 0.3) is 11.1 Å². The Hall–Kier alpha value is -2.23. The molecule has 22 heavy (non-hydrogen) atoms. The molecular formula is C15H11ClF2N2O2. The van der Waals surface area contributed by atoms with Crippen LogP contribution in [0.3, 0.4) is 0 Å². The van der Waals surface area contributed by atoms with Gasteiger partial charge in [-0.25, -0.2) is 0 Å². The van der Waals surface area contributed by atoms with E-state index in [0.717, 1.165) is 0 Å². The van der Waals surface area contributed by atoms with Gasteiger partial charge >= 0.3 is 6.61 Å². The quantitative estimate of drug-likeness (QED) is 0.925. The number of nitrogens with zero attached hydrogens (tertiary/aromatic N) is 2. The van der Waals surface area contributed by atoms with Gasteiger partial charge in [-0.1, -0.05) is 17.7 Å². The van der Waals surface area contributed by atoms with E-state index in [0.29, 0.717) is 16.7 Å². The molecule has 1 atom stereocenters. The lowest BCUT2D eigenvalue weighted by molar-refractivity contribution is -0.0500. The molecule has 114 valence electrons.